The van der Waals surface area contributed by atoms with E-state index in [0.29, 0.717) is 17.3 Å². The highest BCUT2D eigenvalue weighted by Crippen LogP contribution is 2.29. The lowest BCUT2D eigenvalue weighted by atomic mass is 10.1. The van der Waals surface area contributed by atoms with Crippen molar-refractivity contribution in [3.63, 3.8) is 0 Å². The van der Waals surface area contributed by atoms with Crippen LogP contribution in [0.4, 0.5) is 11.4 Å². The summed E-state index contributed by atoms with van der Waals surface area (Å²) < 4.78 is 0. The maximum atomic E-state index is 12.6. The largest absolute Gasteiger partial charge is 0.326 e. The van der Waals surface area contributed by atoms with Crippen molar-refractivity contribution in [2.24, 2.45) is 5.92 Å². The van der Waals surface area contributed by atoms with Gasteiger partial charge in [-0.1, -0.05) is 29.8 Å². The molecular formula is C20H21ClN2O2. The van der Waals surface area contributed by atoms with Gasteiger partial charge in [-0.25, -0.2) is 0 Å². The standard InChI is InChI=1S/C20H21ClN2O2/c1-12-4-5-14(3)18(8-12)23-11-15(9-19(23)24)20(25)22-16-7-6-13(2)17(21)10-16/h4-8,10,15H,9,11H2,1-3H3,(H,22,25)/t15-/m1/s1. The molecule has 1 atom stereocenters. The highest BCUT2D eigenvalue weighted by Gasteiger charge is 2.35. The molecule has 0 saturated carbocycles. The maximum absolute atomic E-state index is 12.6. The zero-order valence-corrected chi connectivity index (χ0v) is 15.4. The van der Waals surface area contributed by atoms with Gasteiger partial charge in [0.05, 0.1) is 5.92 Å². The Bertz CT molecular complexity index is 848. The quantitative estimate of drug-likeness (QED) is 0.893. The van der Waals surface area contributed by atoms with Crippen LogP contribution in [-0.4, -0.2) is 18.4 Å². The summed E-state index contributed by atoms with van der Waals surface area (Å²) in [5.41, 5.74) is 4.62. The molecule has 0 aromatic heterocycles. The summed E-state index contributed by atoms with van der Waals surface area (Å²) in [6, 6.07) is 11.4. The van der Waals surface area contributed by atoms with Crippen molar-refractivity contribution in [3.05, 3.63) is 58.1 Å². The summed E-state index contributed by atoms with van der Waals surface area (Å²) >= 11 is 6.10. The monoisotopic (exact) mass is 356 g/mol. The summed E-state index contributed by atoms with van der Waals surface area (Å²) in [4.78, 5) is 26.7. The Labute approximate surface area is 152 Å². The fraction of sp³-hybridized carbons (Fsp3) is 0.300. The van der Waals surface area contributed by atoms with Crippen molar-refractivity contribution in [1.29, 1.82) is 0 Å². The van der Waals surface area contributed by atoms with Crippen LogP contribution in [0, 0.1) is 26.7 Å². The fourth-order valence-corrected chi connectivity index (χ4v) is 3.22. The zero-order valence-electron chi connectivity index (χ0n) is 14.6. The van der Waals surface area contributed by atoms with Crippen LogP contribution in [0.15, 0.2) is 36.4 Å². The van der Waals surface area contributed by atoms with Crippen LogP contribution in [0.1, 0.15) is 23.1 Å². The van der Waals surface area contributed by atoms with E-state index in [-0.39, 0.29) is 24.2 Å². The number of carbonyl (C=O) groups excluding carboxylic acids is 2. The molecule has 1 saturated heterocycles. The van der Waals surface area contributed by atoms with Gasteiger partial charge >= 0.3 is 0 Å². The third-order valence-electron chi connectivity index (χ3n) is 4.59. The third kappa shape index (κ3) is 3.69. The Morgan fingerprint density at radius 3 is 2.56 bits per heavy atom. The van der Waals surface area contributed by atoms with Crippen molar-refractivity contribution in [1.82, 2.24) is 0 Å². The minimum Gasteiger partial charge on any atom is -0.326 e. The molecule has 130 valence electrons. The van der Waals surface area contributed by atoms with Gasteiger partial charge in [-0.15, -0.1) is 0 Å². The van der Waals surface area contributed by atoms with Gasteiger partial charge in [0.25, 0.3) is 0 Å². The average Bonchev–Trinajstić information content (AvgIpc) is 2.95. The predicted molar refractivity (Wildman–Crippen MR) is 101 cm³/mol. The first-order valence-electron chi connectivity index (χ1n) is 8.30. The number of amides is 2. The predicted octanol–water partition coefficient (Wildman–Crippen LogP) is 4.26. The molecule has 1 heterocycles. The molecule has 0 bridgehead atoms. The Kier molecular flexibility index (Phi) is 4.82. The molecule has 2 amide bonds. The lowest BCUT2D eigenvalue weighted by molar-refractivity contribution is -0.122. The highest BCUT2D eigenvalue weighted by atomic mass is 35.5. The number of rotatable bonds is 3. The second-order valence-corrected chi connectivity index (χ2v) is 7.06. The smallest absolute Gasteiger partial charge is 0.229 e. The molecule has 0 spiro atoms. The molecule has 25 heavy (non-hydrogen) atoms. The van der Waals surface area contributed by atoms with E-state index in [9.17, 15) is 9.59 Å². The number of nitrogens with one attached hydrogen (secondary N) is 1. The molecule has 0 unspecified atom stereocenters. The van der Waals surface area contributed by atoms with E-state index in [1.165, 1.54) is 0 Å². The topological polar surface area (TPSA) is 49.4 Å². The number of benzene rings is 2. The van der Waals surface area contributed by atoms with Gasteiger partial charge in [-0.2, -0.15) is 0 Å². The minimum atomic E-state index is -0.368. The summed E-state index contributed by atoms with van der Waals surface area (Å²) in [5.74, 6) is -0.538. The van der Waals surface area contributed by atoms with Crippen molar-refractivity contribution >= 4 is 34.8 Å². The Morgan fingerprint density at radius 2 is 1.84 bits per heavy atom. The van der Waals surface area contributed by atoms with Crippen LogP contribution in [-0.2, 0) is 9.59 Å². The maximum Gasteiger partial charge on any atom is 0.229 e. The van der Waals surface area contributed by atoms with E-state index in [1.807, 2.05) is 51.1 Å². The number of hydrogen-bond donors (Lipinski definition) is 1. The number of halogens is 1. The van der Waals surface area contributed by atoms with Crippen LogP contribution >= 0.6 is 11.6 Å². The molecule has 1 N–H and O–H groups in total. The van der Waals surface area contributed by atoms with Gasteiger partial charge in [-0.05, 0) is 55.7 Å². The summed E-state index contributed by atoms with van der Waals surface area (Å²) in [5, 5.41) is 3.48. The normalized spacial score (nSPS) is 17.0. The van der Waals surface area contributed by atoms with Gasteiger partial charge in [-0.3, -0.25) is 9.59 Å². The van der Waals surface area contributed by atoms with Crippen molar-refractivity contribution in [3.8, 4) is 0 Å². The SMILES string of the molecule is Cc1ccc(C)c(N2C[C@H](C(=O)Nc3ccc(C)c(Cl)c3)CC2=O)c1. The van der Waals surface area contributed by atoms with Gasteiger partial charge < -0.3 is 10.2 Å². The number of anilines is 2. The van der Waals surface area contributed by atoms with Gasteiger partial charge in [0.1, 0.15) is 0 Å². The van der Waals surface area contributed by atoms with Crippen LogP contribution in [0.5, 0.6) is 0 Å². The molecule has 1 aliphatic heterocycles. The summed E-state index contributed by atoms with van der Waals surface area (Å²) in [6.45, 7) is 6.28. The minimum absolute atomic E-state index is 0.0178. The number of hydrogen-bond acceptors (Lipinski definition) is 2. The lowest BCUT2D eigenvalue weighted by Crippen LogP contribution is -2.28. The van der Waals surface area contributed by atoms with Crippen LogP contribution in [0.3, 0.4) is 0 Å². The first-order valence-corrected chi connectivity index (χ1v) is 8.67. The molecular weight excluding hydrogens is 336 g/mol. The highest BCUT2D eigenvalue weighted by molar-refractivity contribution is 6.31. The third-order valence-corrected chi connectivity index (χ3v) is 5.00. The van der Waals surface area contributed by atoms with Crippen molar-refractivity contribution < 1.29 is 9.59 Å². The summed E-state index contributed by atoms with van der Waals surface area (Å²) in [7, 11) is 0. The molecule has 5 heteroatoms. The second kappa shape index (κ2) is 6.89. The van der Waals surface area contributed by atoms with E-state index < -0.39 is 0 Å². The molecule has 1 fully saturated rings. The Hall–Kier alpha value is -2.33. The van der Waals surface area contributed by atoms with E-state index in [2.05, 4.69) is 5.32 Å². The van der Waals surface area contributed by atoms with E-state index in [4.69, 9.17) is 11.6 Å². The van der Waals surface area contributed by atoms with Crippen LogP contribution in [0.2, 0.25) is 5.02 Å². The van der Waals surface area contributed by atoms with Crippen molar-refractivity contribution in [2.75, 3.05) is 16.8 Å². The fourth-order valence-electron chi connectivity index (χ4n) is 3.04. The zero-order chi connectivity index (χ0) is 18.1. The van der Waals surface area contributed by atoms with Gasteiger partial charge in [0.2, 0.25) is 11.8 Å². The van der Waals surface area contributed by atoms with Gasteiger partial charge in [0, 0.05) is 29.4 Å². The molecule has 0 radical (unpaired) electrons. The van der Waals surface area contributed by atoms with Gasteiger partial charge in [0.15, 0.2) is 0 Å². The second-order valence-electron chi connectivity index (χ2n) is 6.65. The molecule has 4 nitrogen and oxygen atoms in total. The van der Waals surface area contributed by atoms with Crippen LogP contribution < -0.4 is 10.2 Å². The Morgan fingerprint density at radius 1 is 1.12 bits per heavy atom. The molecule has 2 aromatic rings. The summed E-state index contributed by atoms with van der Waals surface area (Å²) in [6.07, 6.45) is 0.221. The first kappa shape index (κ1) is 17.5. The van der Waals surface area contributed by atoms with E-state index >= 15 is 0 Å². The number of nitrogens with zero attached hydrogens (tertiary/aromatic N) is 1. The lowest BCUT2D eigenvalue weighted by Gasteiger charge is -2.19. The number of carbonyl (C=O) groups is 2. The molecule has 3 rings (SSSR count). The van der Waals surface area contributed by atoms with E-state index in [1.54, 1.807) is 11.0 Å². The Balaban J connectivity index is 1.74. The first-order chi connectivity index (χ1) is 11.8. The average molecular weight is 357 g/mol. The number of aryl methyl sites for hydroxylation is 3. The van der Waals surface area contributed by atoms with E-state index in [0.717, 1.165) is 22.4 Å². The molecule has 2 aromatic carbocycles. The molecule has 1 aliphatic rings. The van der Waals surface area contributed by atoms with Crippen molar-refractivity contribution in [2.45, 2.75) is 27.2 Å². The van der Waals surface area contributed by atoms with Crippen LogP contribution in [0.25, 0.3) is 0 Å². The molecule has 0 aliphatic carbocycles.